The maximum Gasteiger partial charge on any atom is 0.303 e. The van der Waals surface area contributed by atoms with Crippen molar-refractivity contribution >= 4 is 5.97 Å². The van der Waals surface area contributed by atoms with Crippen molar-refractivity contribution in [3.63, 3.8) is 0 Å². The molecule has 0 spiro atoms. The lowest BCUT2D eigenvalue weighted by Gasteiger charge is -2.06. The van der Waals surface area contributed by atoms with Gasteiger partial charge in [-0.3, -0.25) is 9.48 Å². The zero-order valence-corrected chi connectivity index (χ0v) is 10.4. The van der Waals surface area contributed by atoms with Gasteiger partial charge in [0.1, 0.15) is 0 Å². The van der Waals surface area contributed by atoms with Crippen LogP contribution in [0.3, 0.4) is 0 Å². The minimum atomic E-state index is -0.765. The lowest BCUT2D eigenvalue weighted by Crippen LogP contribution is -2.02. The van der Waals surface area contributed by atoms with Crippen molar-refractivity contribution in [1.29, 1.82) is 0 Å². The second-order valence-electron chi connectivity index (χ2n) is 4.63. The molecule has 0 unspecified atom stereocenters. The summed E-state index contributed by atoms with van der Waals surface area (Å²) < 4.78 is 1.84. The number of aromatic nitrogens is 2. The van der Waals surface area contributed by atoms with Gasteiger partial charge >= 0.3 is 5.97 Å². The molecule has 16 heavy (non-hydrogen) atoms. The number of hydrogen-bond acceptors (Lipinski definition) is 2. The van der Waals surface area contributed by atoms with Gasteiger partial charge in [0, 0.05) is 19.2 Å². The van der Waals surface area contributed by atoms with Crippen LogP contribution in [0.2, 0.25) is 0 Å². The molecule has 0 saturated carbocycles. The molecule has 1 heterocycles. The highest BCUT2D eigenvalue weighted by molar-refractivity contribution is 5.67. The van der Waals surface area contributed by atoms with Gasteiger partial charge in [-0.1, -0.05) is 13.8 Å². The molecule has 0 atom stereocenters. The normalized spacial score (nSPS) is 11.1. The van der Waals surface area contributed by atoms with Gasteiger partial charge in [-0.05, 0) is 24.8 Å². The Hall–Kier alpha value is -1.32. The monoisotopic (exact) mass is 224 g/mol. The van der Waals surface area contributed by atoms with E-state index in [1.54, 1.807) is 0 Å². The molecule has 0 bridgehead atoms. The quantitative estimate of drug-likeness (QED) is 0.831. The maximum absolute atomic E-state index is 10.6. The van der Waals surface area contributed by atoms with Crippen LogP contribution in [-0.4, -0.2) is 20.9 Å². The molecule has 0 aliphatic rings. The van der Waals surface area contributed by atoms with Crippen LogP contribution in [-0.2, 0) is 24.7 Å². The summed E-state index contributed by atoms with van der Waals surface area (Å²) in [5, 5.41) is 13.1. The van der Waals surface area contributed by atoms with Crippen molar-refractivity contribution in [2.75, 3.05) is 0 Å². The Morgan fingerprint density at radius 3 is 2.62 bits per heavy atom. The predicted molar refractivity (Wildman–Crippen MR) is 62.4 cm³/mol. The Morgan fingerprint density at radius 2 is 2.12 bits per heavy atom. The Bertz CT molecular complexity index is 381. The van der Waals surface area contributed by atoms with E-state index in [2.05, 4.69) is 18.9 Å². The molecule has 0 aromatic carbocycles. The summed E-state index contributed by atoms with van der Waals surface area (Å²) in [7, 11) is 1.91. The summed E-state index contributed by atoms with van der Waals surface area (Å²) in [6, 6.07) is 0. The number of rotatable bonds is 5. The number of hydrogen-bond donors (Lipinski definition) is 1. The second kappa shape index (κ2) is 5.14. The van der Waals surface area contributed by atoms with Crippen molar-refractivity contribution in [1.82, 2.24) is 9.78 Å². The number of aryl methyl sites for hydroxylation is 2. The van der Waals surface area contributed by atoms with Crippen LogP contribution >= 0.6 is 0 Å². The number of nitrogens with zero attached hydrogens (tertiary/aromatic N) is 2. The van der Waals surface area contributed by atoms with E-state index in [1.165, 1.54) is 5.56 Å². The van der Waals surface area contributed by atoms with Crippen LogP contribution in [0.1, 0.15) is 37.2 Å². The minimum absolute atomic E-state index is 0.154. The third kappa shape index (κ3) is 3.08. The van der Waals surface area contributed by atoms with Crippen molar-refractivity contribution in [3.05, 3.63) is 17.0 Å². The van der Waals surface area contributed by atoms with E-state index < -0.39 is 5.97 Å². The van der Waals surface area contributed by atoms with E-state index in [9.17, 15) is 4.79 Å². The van der Waals surface area contributed by atoms with Crippen molar-refractivity contribution in [2.24, 2.45) is 13.0 Å². The van der Waals surface area contributed by atoms with E-state index in [0.29, 0.717) is 12.3 Å². The summed E-state index contributed by atoms with van der Waals surface area (Å²) in [6.45, 7) is 6.36. The lowest BCUT2D eigenvalue weighted by molar-refractivity contribution is -0.136. The van der Waals surface area contributed by atoms with Gasteiger partial charge in [0.05, 0.1) is 12.1 Å². The van der Waals surface area contributed by atoms with Gasteiger partial charge in [-0.25, -0.2) is 0 Å². The molecular weight excluding hydrogens is 204 g/mol. The molecule has 90 valence electrons. The van der Waals surface area contributed by atoms with Gasteiger partial charge in [-0.15, -0.1) is 0 Å². The topological polar surface area (TPSA) is 55.1 Å². The van der Waals surface area contributed by atoms with Gasteiger partial charge in [0.25, 0.3) is 0 Å². The standard InChI is InChI=1S/C12H20N2O2/c1-8(2)7-10-9(3)14(4)13-11(10)5-6-12(15)16/h8H,5-7H2,1-4H3,(H,15,16). The van der Waals surface area contributed by atoms with Crippen molar-refractivity contribution < 1.29 is 9.90 Å². The molecule has 0 radical (unpaired) electrons. The summed E-state index contributed by atoms with van der Waals surface area (Å²) in [4.78, 5) is 10.6. The van der Waals surface area contributed by atoms with Gasteiger partial charge in [-0.2, -0.15) is 5.10 Å². The van der Waals surface area contributed by atoms with E-state index in [-0.39, 0.29) is 6.42 Å². The second-order valence-corrected chi connectivity index (χ2v) is 4.63. The smallest absolute Gasteiger partial charge is 0.303 e. The molecule has 0 saturated heterocycles. The number of carbonyl (C=O) groups is 1. The fourth-order valence-corrected chi connectivity index (χ4v) is 1.82. The van der Waals surface area contributed by atoms with Gasteiger partial charge in [0.2, 0.25) is 0 Å². The molecule has 4 nitrogen and oxygen atoms in total. The Labute approximate surface area is 96.3 Å². The van der Waals surface area contributed by atoms with Crippen LogP contribution in [0.4, 0.5) is 0 Å². The zero-order chi connectivity index (χ0) is 12.3. The fraction of sp³-hybridized carbons (Fsp3) is 0.667. The Morgan fingerprint density at radius 1 is 1.50 bits per heavy atom. The highest BCUT2D eigenvalue weighted by Crippen LogP contribution is 2.18. The minimum Gasteiger partial charge on any atom is -0.481 e. The molecule has 1 aromatic heterocycles. The predicted octanol–water partition coefficient (Wildman–Crippen LogP) is 1.94. The number of carboxylic acid groups (broad SMARTS) is 1. The highest BCUT2D eigenvalue weighted by atomic mass is 16.4. The summed E-state index contributed by atoms with van der Waals surface area (Å²) >= 11 is 0. The Balaban J connectivity index is 2.89. The van der Waals surface area contributed by atoms with E-state index >= 15 is 0 Å². The van der Waals surface area contributed by atoms with Gasteiger partial charge in [0.15, 0.2) is 0 Å². The average Bonchev–Trinajstić information content (AvgIpc) is 2.42. The van der Waals surface area contributed by atoms with Crippen LogP contribution in [0.15, 0.2) is 0 Å². The molecular formula is C12H20N2O2. The van der Waals surface area contributed by atoms with Crippen molar-refractivity contribution in [2.45, 2.75) is 40.0 Å². The first-order chi connectivity index (χ1) is 7.41. The van der Waals surface area contributed by atoms with Gasteiger partial charge < -0.3 is 5.11 Å². The van der Waals surface area contributed by atoms with Crippen LogP contribution in [0.5, 0.6) is 0 Å². The molecule has 1 N–H and O–H groups in total. The lowest BCUT2D eigenvalue weighted by atomic mass is 9.99. The van der Waals surface area contributed by atoms with Crippen LogP contribution < -0.4 is 0 Å². The molecule has 4 heteroatoms. The number of carboxylic acids is 1. The molecule has 0 amide bonds. The van der Waals surface area contributed by atoms with E-state index in [1.807, 2.05) is 18.7 Å². The third-order valence-corrected chi connectivity index (χ3v) is 2.73. The van der Waals surface area contributed by atoms with E-state index in [0.717, 1.165) is 17.8 Å². The molecule has 0 aliphatic carbocycles. The Kier molecular flexibility index (Phi) is 4.10. The molecule has 0 aliphatic heterocycles. The third-order valence-electron chi connectivity index (χ3n) is 2.73. The summed E-state index contributed by atoms with van der Waals surface area (Å²) in [5.74, 6) is -0.203. The van der Waals surface area contributed by atoms with E-state index in [4.69, 9.17) is 5.11 Å². The number of aliphatic carboxylic acids is 1. The first kappa shape index (κ1) is 12.7. The fourth-order valence-electron chi connectivity index (χ4n) is 1.82. The first-order valence-corrected chi connectivity index (χ1v) is 5.65. The first-order valence-electron chi connectivity index (χ1n) is 5.65. The summed E-state index contributed by atoms with van der Waals surface area (Å²) in [5.41, 5.74) is 3.31. The van der Waals surface area contributed by atoms with Crippen molar-refractivity contribution in [3.8, 4) is 0 Å². The SMILES string of the molecule is Cc1c(CC(C)C)c(CCC(=O)O)nn1C. The summed E-state index contributed by atoms with van der Waals surface area (Å²) in [6.07, 6.45) is 1.65. The van der Waals surface area contributed by atoms with Crippen LogP contribution in [0.25, 0.3) is 0 Å². The zero-order valence-electron chi connectivity index (χ0n) is 10.4. The maximum atomic E-state index is 10.6. The van der Waals surface area contributed by atoms with Crippen LogP contribution in [0, 0.1) is 12.8 Å². The highest BCUT2D eigenvalue weighted by Gasteiger charge is 2.14. The molecule has 1 aromatic rings. The largest absolute Gasteiger partial charge is 0.481 e. The molecule has 1 rings (SSSR count). The average molecular weight is 224 g/mol. The molecule has 0 fully saturated rings.